The average Bonchev–Trinajstić information content (AvgIpc) is 2.68. The minimum atomic E-state index is -3.35. The van der Waals surface area contributed by atoms with Gasteiger partial charge < -0.3 is 4.57 Å². The summed E-state index contributed by atoms with van der Waals surface area (Å²) >= 11 is 6.07. The van der Waals surface area contributed by atoms with Crippen LogP contribution in [0.5, 0.6) is 0 Å². The smallest absolute Gasteiger partial charge is 0.229 e. The molecule has 7 heteroatoms. The van der Waals surface area contributed by atoms with Crippen LogP contribution in [-0.2, 0) is 10.0 Å². The Hall–Kier alpha value is -1.53. The van der Waals surface area contributed by atoms with E-state index in [1.807, 2.05) is 0 Å². The van der Waals surface area contributed by atoms with Gasteiger partial charge in [0.15, 0.2) is 0 Å². The minimum Gasteiger partial charge on any atom is -0.303 e. The second kappa shape index (κ2) is 4.38. The highest BCUT2D eigenvalue weighted by Crippen LogP contribution is 2.28. The van der Waals surface area contributed by atoms with Crippen molar-refractivity contribution in [3.63, 3.8) is 0 Å². The molecule has 0 fully saturated rings. The second-order valence-corrected chi connectivity index (χ2v) is 5.64. The summed E-state index contributed by atoms with van der Waals surface area (Å²) in [6.45, 7) is 0. The van der Waals surface area contributed by atoms with Gasteiger partial charge in [0.25, 0.3) is 0 Å². The monoisotopic (exact) mass is 271 g/mol. The van der Waals surface area contributed by atoms with E-state index in [0.29, 0.717) is 16.4 Å². The van der Waals surface area contributed by atoms with E-state index in [1.165, 1.54) is 0 Å². The number of benzene rings is 1. The molecule has 0 aliphatic carbocycles. The normalized spacial score (nSPS) is 11.4. The molecule has 0 saturated heterocycles. The van der Waals surface area contributed by atoms with E-state index >= 15 is 0 Å². The van der Waals surface area contributed by atoms with Crippen molar-refractivity contribution in [2.45, 2.75) is 0 Å². The molecule has 0 saturated carbocycles. The maximum atomic E-state index is 11.3. The van der Waals surface area contributed by atoms with E-state index in [2.05, 4.69) is 9.71 Å². The summed E-state index contributed by atoms with van der Waals surface area (Å²) in [5, 5.41) is 0.441. The Bertz CT molecular complexity index is 623. The van der Waals surface area contributed by atoms with Crippen LogP contribution < -0.4 is 4.72 Å². The number of sulfonamides is 1. The first-order chi connectivity index (χ1) is 7.97. The van der Waals surface area contributed by atoms with Gasteiger partial charge in [0, 0.05) is 12.4 Å². The summed E-state index contributed by atoms with van der Waals surface area (Å²) in [5.74, 6) is 0. The number of para-hydroxylation sites is 1. The molecule has 0 amide bonds. The highest BCUT2D eigenvalue weighted by molar-refractivity contribution is 7.92. The molecule has 1 heterocycles. The summed E-state index contributed by atoms with van der Waals surface area (Å²) in [7, 11) is -3.35. The van der Waals surface area contributed by atoms with Gasteiger partial charge in [-0.25, -0.2) is 13.4 Å². The highest BCUT2D eigenvalue weighted by Gasteiger charge is 2.11. The standard InChI is InChI=1S/C10H10ClN3O2S/c1-17(15,16)13-9-4-2-3-8(11)10(9)14-6-5-12-7-14/h2-7,13H,1H3. The van der Waals surface area contributed by atoms with Gasteiger partial charge in [-0.1, -0.05) is 17.7 Å². The van der Waals surface area contributed by atoms with Crippen LogP contribution >= 0.6 is 11.6 Å². The third-order valence-electron chi connectivity index (χ3n) is 2.04. The molecular weight excluding hydrogens is 262 g/mol. The molecule has 0 aliphatic rings. The average molecular weight is 272 g/mol. The van der Waals surface area contributed by atoms with E-state index in [0.717, 1.165) is 6.26 Å². The van der Waals surface area contributed by atoms with Crippen LogP contribution in [0, 0.1) is 0 Å². The van der Waals surface area contributed by atoms with Gasteiger partial charge in [0.1, 0.15) is 0 Å². The summed E-state index contributed by atoms with van der Waals surface area (Å²) in [6.07, 6.45) is 5.92. The Kier molecular flexibility index (Phi) is 3.08. The molecule has 1 aromatic heterocycles. The molecule has 17 heavy (non-hydrogen) atoms. The Morgan fingerprint density at radius 2 is 2.18 bits per heavy atom. The Balaban J connectivity index is 2.57. The molecule has 0 spiro atoms. The molecule has 1 N–H and O–H groups in total. The number of nitrogens with one attached hydrogen (secondary N) is 1. The van der Waals surface area contributed by atoms with Gasteiger partial charge >= 0.3 is 0 Å². The summed E-state index contributed by atoms with van der Waals surface area (Å²) < 4.78 is 26.6. The van der Waals surface area contributed by atoms with Crippen molar-refractivity contribution in [3.05, 3.63) is 41.9 Å². The molecule has 2 rings (SSSR count). The van der Waals surface area contributed by atoms with Crippen molar-refractivity contribution in [2.24, 2.45) is 0 Å². The van der Waals surface area contributed by atoms with Crippen LogP contribution in [0.15, 0.2) is 36.9 Å². The lowest BCUT2D eigenvalue weighted by atomic mass is 10.2. The number of anilines is 1. The topological polar surface area (TPSA) is 64.0 Å². The van der Waals surface area contributed by atoms with Crippen LogP contribution in [0.2, 0.25) is 5.02 Å². The van der Waals surface area contributed by atoms with Crippen molar-refractivity contribution < 1.29 is 8.42 Å². The molecule has 1 aromatic carbocycles. The number of aromatic nitrogens is 2. The molecule has 0 bridgehead atoms. The summed E-state index contributed by atoms with van der Waals surface area (Å²) in [6, 6.07) is 5.00. The molecule has 0 atom stereocenters. The lowest BCUT2D eigenvalue weighted by molar-refractivity contribution is 0.607. The molecular formula is C10H10ClN3O2S. The molecule has 0 aliphatic heterocycles. The fraction of sp³-hybridized carbons (Fsp3) is 0.100. The molecule has 0 radical (unpaired) electrons. The van der Waals surface area contributed by atoms with Crippen molar-refractivity contribution in [1.29, 1.82) is 0 Å². The number of hydrogen-bond donors (Lipinski definition) is 1. The second-order valence-electron chi connectivity index (χ2n) is 3.48. The third kappa shape index (κ3) is 2.78. The van der Waals surface area contributed by atoms with Crippen LogP contribution in [0.25, 0.3) is 5.69 Å². The Morgan fingerprint density at radius 3 is 2.76 bits per heavy atom. The fourth-order valence-electron chi connectivity index (χ4n) is 1.45. The zero-order chi connectivity index (χ0) is 12.5. The summed E-state index contributed by atoms with van der Waals surface area (Å²) in [4.78, 5) is 3.90. The quantitative estimate of drug-likeness (QED) is 0.927. The van der Waals surface area contributed by atoms with Gasteiger partial charge in [-0.05, 0) is 12.1 Å². The van der Waals surface area contributed by atoms with Crippen molar-refractivity contribution in [3.8, 4) is 5.69 Å². The lowest BCUT2D eigenvalue weighted by Crippen LogP contribution is -2.12. The van der Waals surface area contributed by atoms with E-state index in [4.69, 9.17) is 11.6 Å². The van der Waals surface area contributed by atoms with E-state index in [-0.39, 0.29) is 0 Å². The van der Waals surface area contributed by atoms with Crippen LogP contribution in [0.1, 0.15) is 0 Å². The molecule has 5 nitrogen and oxygen atoms in total. The maximum absolute atomic E-state index is 11.3. The van der Waals surface area contributed by atoms with Gasteiger partial charge in [-0.3, -0.25) is 4.72 Å². The van der Waals surface area contributed by atoms with E-state index in [1.54, 1.807) is 41.5 Å². The van der Waals surface area contributed by atoms with Gasteiger partial charge in [0.2, 0.25) is 10.0 Å². The predicted molar refractivity (Wildman–Crippen MR) is 67.0 cm³/mol. The zero-order valence-electron chi connectivity index (χ0n) is 8.96. The first-order valence-electron chi connectivity index (χ1n) is 4.72. The van der Waals surface area contributed by atoms with Crippen molar-refractivity contribution in [1.82, 2.24) is 9.55 Å². The van der Waals surface area contributed by atoms with E-state index in [9.17, 15) is 8.42 Å². The molecule has 2 aromatic rings. The summed E-state index contributed by atoms with van der Waals surface area (Å²) in [5.41, 5.74) is 0.968. The number of imidazole rings is 1. The highest BCUT2D eigenvalue weighted by atomic mass is 35.5. The number of nitrogens with zero attached hydrogens (tertiary/aromatic N) is 2. The van der Waals surface area contributed by atoms with Gasteiger partial charge in [-0.15, -0.1) is 0 Å². The third-order valence-corrected chi connectivity index (χ3v) is 2.94. The largest absolute Gasteiger partial charge is 0.303 e. The first-order valence-corrected chi connectivity index (χ1v) is 6.99. The van der Waals surface area contributed by atoms with Crippen LogP contribution in [-0.4, -0.2) is 24.2 Å². The Morgan fingerprint density at radius 1 is 1.41 bits per heavy atom. The van der Waals surface area contributed by atoms with Gasteiger partial charge in [0.05, 0.1) is 29.0 Å². The number of hydrogen-bond acceptors (Lipinski definition) is 3. The first kappa shape index (κ1) is 11.9. The number of rotatable bonds is 3. The SMILES string of the molecule is CS(=O)(=O)Nc1cccc(Cl)c1-n1ccnc1. The van der Waals surface area contributed by atoms with Crippen LogP contribution in [0.4, 0.5) is 5.69 Å². The predicted octanol–water partition coefficient (Wildman–Crippen LogP) is 1.90. The van der Waals surface area contributed by atoms with Crippen molar-refractivity contribution in [2.75, 3.05) is 11.0 Å². The number of halogens is 1. The lowest BCUT2D eigenvalue weighted by Gasteiger charge is -2.12. The minimum absolute atomic E-state index is 0.415. The van der Waals surface area contributed by atoms with Crippen molar-refractivity contribution >= 4 is 27.3 Å². The molecule has 0 unspecified atom stereocenters. The van der Waals surface area contributed by atoms with Gasteiger partial charge in [-0.2, -0.15) is 0 Å². The van der Waals surface area contributed by atoms with E-state index < -0.39 is 10.0 Å². The maximum Gasteiger partial charge on any atom is 0.229 e. The molecule has 90 valence electrons. The zero-order valence-corrected chi connectivity index (χ0v) is 10.5. The Labute approximate surface area is 104 Å². The fourth-order valence-corrected chi connectivity index (χ4v) is 2.29. The van der Waals surface area contributed by atoms with Crippen LogP contribution in [0.3, 0.4) is 0 Å².